The van der Waals surface area contributed by atoms with E-state index >= 15 is 0 Å². The van der Waals surface area contributed by atoms with Gasteiger partial charge in [-0.25, -0.2) is 0 Å². The molecule has 0 unspecified atom stereocenters. The number of nitrogens with zero attached hydrogens (tertiary/aromatic N) is 2. The molecule has 0 aromatic carbocycles. The number of hydrogen-bond donors (Lipinski definition) is 1. The number of rotatable bonds is 44. The quantitative estimate of drug-likeness (QED) is 0.0614. The molecule has 58 heavy (non-hydrogen) atoms. The zero-order valence-corrected chi connectivity index (χ0v) is 36.9. The molecule has 1 aliphatic rings. The lowest BCUT2D eigenvalue weighted by atomic mass is 10.0. The van der Waals surface area contributed by atoms with Gasteiger partial charge >= 0.3 is 5.97 Å². The first-order valence-corrected chi connectivity index (χ1v) is 23.0. The molecule has 1 saturated heterocycles. The number of hydrogen-bond acceptors (Lipinski definition) is 11. The Balaban J connectivity index is 1.80. The van der Waals surface area contributed by atoms with Crippen LogP contribution in [0.2, 0.25) is 0 Å². The maximum Gasteiger partial charge on any atom is 0.303 e. The fourth-order valence-corrected chi connectivity index (χ4v) is 6.70. The van der Waals surface area contributed by atoms with Crippen molar-refractivity contribution in [3.05, 3.63) is 0 Å². The third kappa shape index (κ3) is 35.9. The summed E-state index contributed by atoms with van der Waals surface area (Å²) in [7, 11) is 0. The van der Waals surface area contributed by atoms with E-state index < -0.39 is 5.97 Å². The number of carbonyl (C=O) groups is 4. The molecule has 0 aliphatic carbocycles. The van der Waals surface area contributed by atoms with E-state index in [4.69, 9.17) is 33.5 Å². The van der Waals surface area contributed by atoms with Crippen LogP contribution in [0.1, 0.15) is 149 Å². The summed E-state index contributed by atoms with van der Waals surface area (Å²) in [5.74, 6) is 0.0692. The van der Waals surface area contributed by atoms with Crippen LogP contribution in [-0.2, 0) is 47.6 Å². The summed E-state index contributed by atoms with van der Waals surface area (Å²) < 4.78 is 33.0. The van der Waals surface area contributed by atoms with Gasteiger partial charge in [0.05, 0.1) is 79.2 Å². The Morgan fingerprint density at radius 2 is 0.793 bits per heavy atom. The van der Waals surface area contributed by atoms with Gasteiger partial charge in [0.25, 0.3) is 0 Å². The van der Waals surface area contributed by atoms with Gasteiger partial charge in [-0.05, 0) is 19.3 Å². The van der Waals surface area contributed by atoms with Crippen molar-refractivity contribution in [3.8, 4) is 0 Å². The number of ether oxygens (including phenoxy) is 6. The van der Waals surface area contributed by atoms with Gasteiger partial charge in [-0.1, -0.05) is 104 Å². The largest absolute Gasteiger partial charge is 0.481 e. The molecule has 0 bridgehead atoms. The average Bonchev–Trinajstić information content (AvgIpc) is 3.20. The molecule has 1 aliphatic heterocycles. The SMILES string of the molecule is CC(C)C(=O)CCOCCOCCOCCOCCOCCOCCCC(=O)CN1CCN(C(=O)CCCCCCCCCCCCCCCCCCC(=O)O)CC1. The summed E-state index contributed by atoms with van der Waals surface area (Å²) in [6.07, 6.45) is 22.0. The van der Waals surface area contributed by atoms with Crippen molar-refractivity contribution in [3.63, 3.8) is 0 Å². The van der Waals surface area contributed by atoms with Crippen LogP contribution in [0.4, 0.5) is 0 Å². The third-order valence-electron chi connectivity index (χ3n) is 10.4. The van der Waals surface area contributed by atoms with Crippen LogP contribution in [0.3, 0.4) is 0 Å². The fourth-order valence-electron chi connectivity index (χ4n) is 6.70. The van der Waals surface area contributed by atoms with Gasteiger partial charge in [-0.3, -0.25) is 24.1 Å². The number of carboxylic acid groups (broad SMARTS) is 1. The van der Waals surface area contributed by atoms with Crippen LogP contribution in [0.5, 0.6) is 0 Å². The van der Waals surface area contributed by atoms with E-state index in [1.54, 1.807) is 0 Å². The molecule has 0 atom stereocenters. The molecule has 1 amide bonds. The standard InChI is InChI=1S/C45H84N2O11/c1-41(2)43(49)23-29-54-31-33-56-35-37-58-39-38-57-36-34-55-32-30-53-28-19-20-42(48)40-46-24-26-47(27-25-46)44(50)21-17-15-13-11-9-7-5-3-4-6-8-10-12-14-16-18-22-45(51)52/h41H,3-40H2,1-2H3,(H,51,52). The number of amides is 1. The Hall–Kier alpha value is -2.00. The minimum absolute atomic E-state index is 0.0533. The molecule has 1 heterocycles. The van der Waals surface area contributed by atoms with Crippen molar-refractivity contribution >= 4 is 23.4 Å². The smallest absolute Gasteiger partial charge is 0.303 e. The van der Waals surface area contributed by atoms with Gasteiger partial charge in [-0.2, -0.15) is 0 Å². The van der Waals surface area contributed by atoms with Gasteiger partial charge in [0.1, 0.15) is 11.6 Å². The number of carbonyl (C=O) groups excluding carboxylic acids is 3. The van der Waals surface area contributed by atoms with E-state index in [-0.39, 0.29) is 23.4 Å². The van der Waals surface area contributed by atoms with Crippen LogP contribution in [0.15, 0.2) is 0 Å². The molecule has 0 aromatic heterocycles. The Labute approximate surface area is 351 Å². The maximum atomic E-state index is 12.7. The van der Waals surface area contributed by atoms with E-state index in [1.165, 1.54) is 77.0 Å². The molecule has 13 nitrogen and oxygen atoms in total. The molecule has 1 fully saturated rings. The highest BCUT2D eigenvalue weighted by Crippen LogP contribution is 2.15. The summed E-state index contributed by atoms with van der Waals surface area (Å²) >= 11 is 0. The Bertz CT molecular complexity index is 992. The van der Waals surface area contributed by atoms with Crippen molar-refractivity contribution in [2.24, 2.45) is 5.92 Å². The Morgan fingerprint density at radius 3 is 1.19 bits per heavy atom. The normalized spacial score (nSPS) is 13.5. The molecule has 340 valence electrons. The fraction of sp³-hybridized carbons (Fsp3) is 0.911. The van der Waals surface area contributed by atoms with Crippen molar-refractivity contribution in [1.82, 2.24) is 9.80 Å². The minimum atomic E-state index is -0.679. The first-order chi connectivity index (χ1) is 28.3. The summed E-state index contributed by atoms with van der Waals surface area (Å²) in [5, 5.41) is 8.66. The van der Waals surface area contributed by atoms with Crippen molar-refractivity contribution in [2.75, 3.05) is 112 Å². The topological polar surface area (TPSA) is 150 Å². The van der Waals surface area contributed by atoms with Gasteiger partial charge in [0, 0.05) is 64.4 Å². The van der Waals surface area contributed by atoms with E-state index in [9.17, 15) is 19.2 Å². The molecule has 0 radical (unpaired) electrons. The number of carboxylic acids is 1. The number of aliphatic carboxylic acids is 1. The van der Waals surface area contributed by atoms with Gasteiger partial charge < -0.3 is 38.4 Å². The summed E-state index contributed by atoms with van der Waals surface area (Å²) in [5.41, 5.74) is 0. The van der Waals surface area contributed by atoms with E-state index in [0.29, 0.717) is 131 Å². The lowest BCUT2D eigenvalue weighted by molar-refractivity contribution is -0.137. The van der Waals surface area contributed by atoms with E-state index in [2.05, 4.69) is 4.90 Å². The molecule has 0 saturated carbocycles. The predicted molar refractivity (Wildman–Crippen MR) is 227 cm³/mol. The maximum absolute atomic E-state index is 12.7. The highest BCUT2D eigenvalue weighted by molar-refractivity contribution is 5.81. The van der Waals surface area contributed by atoms with Gasteiger partial charge in [0.2, 0.25) is 5.91 Å². The highest BCUT2D eigenvalue weighted by atomic mass is 16.6. The summed E-state index contributed by atoms with van der Waals surface area (Å²) in [6.45, 7) is 13.0. The predicted octanol–water partition coefficient (Wildman–Crippen LogP) is 7.30. The first kappa shape index (κ1) is 54.0. The molecule has 1 N–H and O–H groups in total. The molecular weight excluding hydrogens is 744 g/mol. The zero-order valence-electron chi connectivity index (χ0n) is 36.9. The van der Waals surface area contributed by atoms with Crippen LogP contribution in [0.25, 0.3) is 0 Å². The third-order valence-corrected chi connectivity index (χ3v) is 10.4. The van der Waals surface area contributed by atoms with Crippen LogP contribution in [-0.4, -0.2) is 150 Å². The van der Waals surface area contributed by atoms with Crippen molar-refractivity contribution in [1.29, 1.82) is 0 Å². The van der Waals surface area contributed by atoms with Gasteiger partial charge in [0.15, 0.2) is 0 Å². The van der Waals surface area contributed by atoms with Crippen molar-refractivity contribution in [2.45, 2.75) is 149 Å². The second-order valence-electron chi connectivity index (χ2n) is 15.9. The molecule has 13 heteroatoms. The summed E-state index contributed by atoms with van der Waals surface area (Å²) in [4.78, 5) is 51.4. The molecule has 0 aromatic rings. The zero-order chi connectivity index (χ0) is 42.2. The summed E-state index contributed by atoms with van der Waals surface area (Å²) in [6, 6.07) is 0. The van der Waals surface area contributed by atoms with E-state index in [0.717, 1.165) is 38.8 Å². The molecule has 0 spiro atoms. The Kier molecular flexibility index (Phi) is 37.6. The number of unbranched alkanes of at least 4 members (excludes halogenated alkanes) is 15. The second kappa shape index (κ2) is 40.4. The van der Waals surface area contributed by atoms with Crippen LogP contribution < -0.4 is 0 Å². The second-order valence-corrected chi connectivity index (χ2v) is 15.9. The van der Waals surface area contributed by atoms with Crippen LogP contribution in [0, 0.1) is 5.92 Å². The average molecular weight is 829 g/mol. The van der Waals surface area contributed by atoms with E-state index in [1.807, 2.05) is 18.7 Å². The number of Topliss-reactive ketones (excluding diaryl/α,β-unsaturated/α-hetero) is 2. The van der Waals surface area contributed by atoms with Crippen molar-refractivity contribution < 1.29 is 52.7 Å². The monoisotopic (exact) mass is 829 g/mol. The van der Waals surface area contributed by atoms with Gasteiger partial charge in [-0.15, -0.1) is 0 Å². The molecular formula is C45H84N2O11. The highest BCUT2D eigenvalue weighted by Gasteiger charge is 2.22. The number of piperazine rings is 1. The number of ketones is 2. The molecule has 1 rings (SSSR count). The minimum Gasteiger partial charge on any atom is -0.481 e. The lowest BCUT2D eigenvalue weighted by Crippen LogP contribution is -2.49. The van der Waals surface area contributed by atoms with Crippen LogP contribution >= 0.6 is 0 Å². The first-order valence-electron chi connectivity index (χ1n) is 23.0. The lowest BCUT2D eigenvalue weighted by Gasteiger charge is -2.34. The Morgan fingerprint density at radius 1 is 0.431 bits per heavy atom.